The van der Waals surface area contributed by atoms with Crippen molar-refractivity contribution >= 4 is 0 Å². The van der Waals surface area contributed by atoms with Gasteiger partial charge in [-0.2, -0.15) is 0 Å². The van der Waals surface area contributed by atoms with Crippen LogP contribution in [0.4, 0.5) is 0 Å². The largest absolute Gasteiger partial charge is 0.316 e. The van der Waals surface area contributed by atoms with Crippen LogP contribution in [-0.2, 0) is 0 Å². The van der Waals surface area contributed by atoms with E-state index in [1.807, 2.05) is 0 Å². The average molecular weight is 209 g/mol. The Morgan fingerprint density at radius 3 is 2.80 bits per heavy atom. The fraction of sp³-hybridized carbons (Fsp3) is 1.00. The maximum Gasteiger partial charge on any atom is -0.00149 e. The summed E-state index contributed by atoms with van der Waals surface area (Å²) in [6, 6.07) is 0. The van der Waals surface area contributed by atoms with Crippen molar-refractivity contribution in [2.24, 2.45) is 23.2 Å². The Bertz CT molecular complexity index is 213. The highest BCUT2D eigenvalue weighted by atomic mass is 14.9. The molecule has 0 bridgehead atoms. The van der Waals surface area contributed by atoms with Gasteiger partial charge in [0.15, 0.2) is 0 Å². The molecule has 0 heterocycles. The molecule has 0 aromatic carbocycles. The van der Waals surface area contributed by atoms with Crippen molar-refractivity contribution in [3.05, 3.63) is 0 Å². The molecule has 2 rings (SSSR count). The summed E-state index contributed by atoms with van der Waals surface area (Å²) in [4.78, 5) is 0. The van der Waals surface area contributed by atoms with E-state index in [9.17, 15) is 0 Å². The van der Waals surface area contributed by atoms with Crippen LogP contribution in [0.2, 0.25) is 0 Å². The summed E-state index contributed by atoms with van der Waals surface area (Å²) in [6.45, 7) is 9.66. The first-order chi connectivity index (χ1) is 7.19. The molecule has 0 amide bonds. The molecule has 4 unspecified atom stereocenters. The fourth-order valence-corrected chi connectivity index (χ4v) is 3.76. The number of nitrogens with one attached hydrogen (secondary N) is 1. The van der Waals surface area contributed by atoms with Crippen LogP contribution in [0.5, 0.6) is 0 Å². The molecule has 1 heteroatoms. The maximum atomic E-state index is 3.60. The first-order valence-corrected chi connectivity index (χ1v) is 6.89. The van der Waals surface area contributed by atoms with Crippen molar-refractivity contribution in [2.45, 2.75) is 52.9 Å². The summed E-state index contributed by atoms with van der Waals surface area (Å²) >= 11 is 0. The molecule has 0 aliphatic heterocycles. The van der Waals surface area contributed by atoms with E-state index in [0.717, 1.165) is 23.2 Å². The first-order valence-electron chi connectivity index (χ1n) is 6.89. The highest BCUT2D eigenvalue weighted by Gasteiger charge is 2.57. The van der Waals surface area contributed by atoms with E-state index in [2.05, 4.69) is 26.1 Å². The smallest absolute Gasteiger partial charge is 0.00149 e. The molecular weight excluding hydrogens is 182 g/mol. The third-order valence-corrected chi connectivity index (χ3v) is 4.94. The van der Waals surface area contributed by atoms with Crippen LogP contribution >= 0.6 is 0 Å². The summed E-state index contributed by atoms with van der Waals surface area (Å²) in [7, 11) is 0. The first kappa shape index (κ1) is 11.4. The van der Waals surface area contributed by atoms with E-state index in [0.29, 0.717) is 0 Å². The van der Waals surface area contributed by atoms with E-state index in [1.165, 1.54) is 45.2 Å². The molecule has 2 aliphatic carbocycles. The van der Waals surface area contributed by atoms with Gasteiger partial charge in [-0.3, -0.25) is 0 Å². The lowest BCUT2D eigenvalue weighted by molar-refractivity contribution is 0.165. The molecule has 0 aromatic rings. The maximum absolute atomic E-state index is 3.60. The van der Waals surface area contributed by atoms with Gasteiger partial charge < -0.3 is 5.32 Å². The summed E-state index contributed by atoms with van der Waals surface area (Å²) < 4.78 is 0. The van der Waals surface area contributed by atoms with Crippen LogP contribution in [0.15, 0.2) is 0 Å². The summed E-state index contributed by atoms with van der Waals surface area (Å²) in [5.41, 5.74) is 0.771. The number of rotatable bonds is 4. The third kappa shape index (κ3) is 2.22. The minimum absolute atomic E-state index is 0.771. The molecule has 2 fully saturated rings. The van der Waals surface area contributed by atoms with Gasteiger partial charge in [-0.25, -0.2) is 0 Å². The summed E-state index contributed by atoms with van der Waals surface area (Å²) in [5, 5.41) is 3.60. The molecule has 1 nitrogen and oxygen atoms in total. The van der Waals surface area contributed by atoms with Crippen molar-refractivity contribution in [3.8, 4) is 0 Å². The van der Waals surface area contributed by atoms with E-state index < -0.39 is 0 Å². The van der Waals surface area contributed by atoms with Gasteiger partial charge >= 0.3 is 0 Å². The second kappa shape index (κ2) is 4.45. The lowest BCUT2D eigenvalue weighted by atomic mass is 9.72. The van der Waals surface area contributed by atoms with E-state index in [4.69, 9.17) is 0 Å². The Labute approximate surface area is 95.0 Å². The van der Waals surface area contributed by atoms with Crippen molar-refractivity contribution < 1.29 is 0 Å². The Hall–Kier alpha value is -0.0400. The molecule has 0 radical (unpaired) electrons. The minimum Gasteiger partial charge on any atom is -0.316 e. The molecule has 4 atom stereocenters. The van der Waals surface area contributed by atoms with Crippen LogP contribution in [0.3, 0.4) is 0 Å². The standard InChI is InChI=1S/C14H27N/c1-4-7-15-10-13-9-14(13)6-5-11(2)8-12(14)3/h11-13,15H,4-10H2,1-3H3. The molecule has 2 aliphatic rings. The molecule has 0 saturated heterocycles. The van der Waals surface area contributed by atoms with Crippen LogP contribution in [-0.4, -0.2) is 13.1 Å². The zero-order valence-corrected chi connectivity index (χ0v) is 10.7. The Morgan fingerprint density at radius 1 is 1.33 bits per heavy atom. The minimum atomic E-state index is 0.771. The predicted octanol–water partition coefficient (Wildman–Crippen LogP) is 3.45. The Balaban J connectivity index is 1.79. The molecule has 1 spiro atoms. The van der Waals surface area contributed by atoms with Crippen molar-refractivity contribution in [3.63, 3.8) is 0 Å². The average Bonchev–Trinajstić information content (AvgIpc) is 2.89. The molecule has 1 N–H and O–H groups in total. The van der Waals surface area contributed by atoms with Gasteiger partial charge in [0, 0.05) is 0 Å². The van der Waals surface area contributed by atoms with Crippen LogP contribution in [0, 0.1) is 23.2 Å². The van der Waals surface area contributed by atoms with E-state index >= 15 is 0 Å². The van der Waals surface area contributed by atoms with Crippen LogP contribution < -0.4 is 5.32 Å². The normalized spacial score (nSPS) is 44.6. The third-order valence-electron chi connectivity index (χ3n) is 4.94. The van der Waals surface area contributed by atoms with Crippen molar-refractivity contribution in [2.75, 3.05) is 13.1 Å². The zero-order valence-electron chi connectivity index (χ0n) is 10.7. The quantitative estimate of drug-likeness (QED) is 0.699. The zero-order chi connectivity index (χ0) is 10.9. The monoisotopic (exact) mass is 209 g/mol. The van der Waals surface area contributed by atoms with E-state index in [-0.39, 0.29) is 0 Å². The van der Waals surface area contributed by atoms with E-state index in [1.54, 1.807) is 0 Å². The second-order valence-corrected chi connectivity index (χ2v) is 6.12. The fourth-order valence-electron chi connectivity index (χ4n) is 3.76. The Morgan fingerprint density at radius 2 is 2.13 bits per heavy atom. The molecular formula is C14H27N. The molecule has 0 aromatic heterocycles. The highest BCUT2D eigenvalue weighted by Crippen LogP contribution is 2.64. The molecule has 2 saturated carbocycles. The van der Waals surface area contributed by atoms with Gasteiger partial charge in [-0.15, -0.1) is 0 Å². The molecule has 15 heavy (non-hydrogen) atoms. The number of hydrogen-bond donors (Lipinski definition) is 1. The topological polar surface area (TPSA) is 12.0 Å². The van der Waals surface area contributed by atoms with Gasteiger partial charge in [-0.05, 0) is 61.9 Å². The Kier molecular flexibility index (Phi) is 3.39. The van der Waals surface area contributed by atoms with Crippen LogP contribution in [0.1, 0.15) is 52.9 Å². The van der Waals surface area contributed by atoms with Gasteiger partial charge in [0.2, 0.25) is 0 Å². The molecule has 88 valence electrons. The summed E-state index contributed by atoms with van der Waals surface area (Å²) in [5.74, 6) is 2.97. The van der Waals surface area contributed by atoms with Gasteiger partial charge in [0.1, 0.15) is 0 Å². The van der Waals surface area contributed by atoms with Crippen LogP contribution in [0.25, 0.3) is 0 Å². The van der Waals surface area contributed by atoms with Crippen molar-refractivity contribution in [1.29, 1.82) is 0 Å². The highest BCUT2D eigenvalue weighted by molar-refractivity contribution is 5.07. The summed E-state index contributed by atoms with van der Waals surface area (Å²) in [6.07, 6.45) is 7.25. The number of hydrogen-bond acceptors (Lipinski definition) is 1. The second-order valence-electron chi connectivity index (χ2n) is 6.12. The predicted molar refractivity (Wildman–Crippen MR) is 65.9 cm³/mol. The van der Waals surface area contributed by atoms with Crippen molar-refractivity contribution in [1.82, 2.24) is 5.32 Å². The SMILES string of the molecule is CCCNCC1CC12CCC(C)CC2C. The lowest BCUT2D eigenvalue weighted by Gasteiger charge is -2.34. The van der Waals surface area contributed by atoms with Gasteiger partial charge in [-0.1, -0.05) is 27.2 Å². The van der Waals surface area contributed by atoms with Gasteiger partial charge in [0.05, 0.1) is 0 Å². The van der Waals surface area contributed by atoms with Gasteiger partial charge in [0.25, 0.3) is 0 Å². The lowest BCUT2D eigenvalue weighted by Crippen LogP contribution is -2.28.